The summed E-state index contributed by atoms with van der Waals surface area (Å²) < 4.78 is 5.36. The minimum Gasteiger partial charge on any atom is -0.397 e. The molecular formula is C14H20N2O3. The van der Waals surface area contributed by atoms with Gasteiger partial charge in [0.05, 0.1) is 30.5 Å². The monoisotopic (exact) mass is 264 g/mol. The highest BCUT2D eigenvalue weighted by molar-refractivity contribution is 5.97. The van der Waals surface area contributed by atoms with Gasteiger partial charge in [0, 0.05) is 13.2 Å². The number of carbonyl (C=O) groups is 1. The summed E-state index contributed by atoms with van der Waals surface area (Å²) >= 11 is 0. The van der Waals surface area contributed by atoms with Crippen molar-refractivity contribution in [3.8, 4) is 0 Å². The summed E-state index contributed by atoms with van der Waals surface area (Å²) in [6, 6.07) is 7.21. The van der Waals surface area contributed by atoms with Crippen LogP contribution in [0, 0.1) is 5.92 Å². The van der Waals surface area contributed by atoms with Gasteiger partial charge in [0.15, 0.2) is 0 Å². The second kappa shape index (κ2) is 6.54. The van der Waals surface area contributed by atoms with E-state index in [2.05, 4.69) is 0 Å². The molecule has 104 valence electrons. The third-order valence-corrected chi connectivity index (χ3v) is 3.33. The van der Waals surface area contributed by atoms with Crippen LogP contribution in [-0.4, -0.2) is 37.4 Å². The lowest BCUT2D eigenvalue weighted by atomic mass is 10.00. The van der Waals surface area contributed by atoms with E-state index < -0.39 is 0 Å². The van der Waals surface area contributed by atoms with Gasteiger partial charge in [-0.1, -0.05) is 12.1 Å². The van der Waals surface area contributed by atoms with Gasteiger partial charge in [-0.2, -0.15) is 0 Å². The van der Waals surface area contributed by atoms with Crippen LogP contribution in [0.3, 0.4) is 0 Å². The lowest BCUT2D eigenvalue weighted by Gasteiger charge is -2.29. The number of anilines is 2. The number of rotatable bonds is 4. The zero-order valence-corrected chi connectivity index (χ0v) is 10.9. The molecule has 1 amide bonds. The van der Waals surface area contributed by atoms with Crippen LogP contribution in [0.4, 0.5) is 11.4 Å². The quantitative estimate of drug-likeness (QED) is 0.796. The van der Waals surface area contributed by atoms with Crippen molar-refractivity contribution in [2.24, 2.45) is 5.92 Å². The van der Waals surface area contributed by atoms with Gasteiger partial charge in [0.1, 0.15) is 0 Å². The zero-order chi connectivity index (χ0) is 13.7. The van der Waals surface area contributed by atoms with Gasteiger partial charge in [-0.15, -0.1) is 0 Å². The molecule has 19 heavy (non-hydrogen) atoms. The van der Waals surface area contributed by atoms with E-state index >= 15 is 0 Å². The third-order valence-electron chi connectivity index (χ3n) is 3.33. The maximum Gasteiger partial charge on any atom is 0.232 e. The molecule has 0 aliphatic carbocycles. The maximum atomic E-state index is 12.5. The van der Waals surface area contributed by atoms with Crippen molar-refractivity contribution in [2.45, 2.75) is 12.8 Å². The standard InChI is InChI=1S/C14H20N2O3/c15-12-5-1-2-6-13(12)16(7-8-17)14(18)11-4-3-9-19-10-11/h1-2,5-6,11,17H,3-4,7-10,15H2. The Morgan fingerprint density at radius 2 is 2.26 bits per heavy atom. The number of nitrogens with two attached hydrogens (primary N) is 1. The Kier molecular flexibility index (Phi) is 4.76. The van der Waals surface area contributed by atoms with Crippen LogP contribution in [0.25, 0.3) is 0 Å². The average molecular weight is 264 g/mol. The molecular weight excluding hydrogens is 244 g/mol. The number of aliphatic hydroxyl groups is 1. The van der Waals surface area contributed by atoms with Crippen LogP contribution in [-0.2, 0) is 9.53 Å². The van der Waals surface area contributed by atoms with Crippen LogP contribution in [0.15, 0.2) is 24.3 Å². The van der Waals surface area contributed by atoms with Crippen LogP contribution in [0.1, 0.15) is 12.8 Å². The highest BCUT2D eigenvalue weighted by Crippen LogP contribution is 2.26. The van der Waals surface area contributed by atoms with Gasteiger partial charge in [0.25, 0.3) is 0 Å². The smallest absolute Gasteiger partial charge is 0.232 e. The van der Waals surface area contributed by atoms with E-state index in [1.807, 2.05) is 12.1 Å². The van der Waals surface area contributed by atoms with E-state index in [0.717, 1.165) is 19.4 Å². The Bertz CT molecular complexity index is 430. The first-order chi connectivity index (χ1) is 9.24. The molecule has 1 aromatic carbocycles. The number of nitrogen functional groups attached to an aromatic ring is 1. The van der Waals surface area contributed by atoms with Crippen molar-refractivity contribution >= 4 is 17.3 Å². The molecule has 0 radical (unpaired) electrons. The summed E-state index contributed by atoms with van der Waals surface area (Å²) in [4.78, 5) is 14.1. The van der Waals surface area contributed by atoms with Gasteiger partial charge in [-0.05, 0) is 25.0 Å². The van der Waals surface area contributed by atoms with Crippen LogP contribution < -0.4 is 10.6 Å². The Labute approximate surface area is 113 Å². The van der Waals surface area contributed by atoms with Crippen molar-refractivity contribution in [2.75, 3.05) is 37.0 Å². The van der Waals surface area contributed by atoms with Crippen molar-refractivity contribution in [1.29, 1.82) is 0 Å². The molecule has 5 heteroatoms. The molecule has 1 atom stereocenters. The molecule has 1 aliphatic rings. The fourth-order valence-electron chi connectivity index (χ4n) is 2.34. The van der Waals surface area contributed by atoms with E-state index in [4.69, 9.17) is 10.5 Å². The number of nitrogens with zero attached hydrogens (tertiary/aromatic N) is 1. The fraction of sp³-hybridized carbons (Fsp3) is 0.500. The first kappa shape index (κ1) is 13.8. The summed E-state index contributed by atoms with van der Waals surface area (Å²) in [5.74, 6) is -0.161. The number of amides is 1. The maximum absolute atomic E-state index is 12.5. The highest BCUT2D eigenvalue weighted by atomic mass is 16.5. The van der Waals surface area contributed by atoms with Crippen molar-refractivity contribution in [3.63, 3.8) is 0 Å². The summed E-state index contributed by atoms with van der Waals surface area (Å²) in [6.45, 7) is 1.34. The number of hydrogen-bond acceptors (Lipinski definition) is 4. The van der Waals surface area contributed by atoms with Gasteiger partial charge < -0.3 is 20.5 Å². The minimum absolute atomic E-state index is 0.0216. The molecule has 1 fully saturated rings. The molecule has 1 unspecified atom stereocenters. The molecule has 5 nitrogen and oxygen atoms in total. The van der Waals surface area contributed by atoms with Crippen molar-refractivity contribution < 1.29 is 14.6 Å². The van der Waals surface area contributed by atoms with Gasteiger partial charge in [0.2, 0.25) is 5.91 Å². The second-order valence-corrected chi connectivity index (χ2v) is 4.69. The molecule has 1 aromatic rings. The number of ether oxygens (including phenoxy) is 1. The summed E-state index contributed by atoms with van der Waals surface area (Å²) in [6.07, 6.45) is 1.72. The molecule has 0 aromatic heterocycles. The van der Waals surface area contributed by atoms with E-state index in [-0.39, 0.29) is 25.0 Å². The van der Waals surface area contributed by atoms with Crippen LogP contribution in [0.2, 0.25) is 0 Å². The largest absolute Gasteiger partial charge is 0.397 e. The van der Waals surface area contributed by atoms with E-state index in [1.54, 1.807) is 17.0 Å². The molecule has 1 saturated heterocycles. The second-order valence-electron chi connectivity index (χ2n) is 4.69. The van der Waals surface area contributed by atoms with Crippen molar-refractivity contribution in [3.05, 3.63) is 24.3 Å². The lowest BCUT2D eigenvalue weighted by Crippen LogP contribution is -2.41. The topological polar surface area (TPSA) is 75.8 Å². The van der Waals surface area contributed by atoms with Gasteiger partial charge >= 0.3 is 0 Å². The van der Waals surface area contributed by atoms with Gasteiger partial charge in [-0.3, -0.25) is 4.79 Å². The molecule has 0 spiro atoms. The van der Waals surface area contributed by atoms with Crippen molar-refractivity contribution in [1.82, 2.24) is 0 Å². The number of para-hydroxylation sites is 2. The normalized spacial score (nSPS) is 19.1. The predicted molar refractivity (Wildman–Crippen MR) is 73.8 cm³/mol. The Morgan fingerprint density at radius 3 is 2.89 bits per heavy atom. The molecule has 0 bridgehead atoms. The number of hydrogen-bond donors (Lipinski definition) is 2. The first-order valence-electron chi connectivity index (χ1n) is 6.58. The molecule has 1 heterocycles. The summed E-state index contributed by atoms with van der Waals surface area (Å²) in [5.41, 5.74) is 7.11. The number of aliphatic hydroxyl groups excluding tert-OH is 1. The third kappa shape index (κ3) is 3.24. The zero-order valence-electron chi connectivity index (χ0n) is 10.9. The Hall–Kier alpha value is -1.59. The minimum atomic E-state index is -0.139. The fourth-order valence-corrected chi connectivity index (χ4v) is 2.34. The molecule has 3 N–H and O–H groups in total. The Morgan fingerprint density at radius 1 is 1.47 bits per heavy atom. The first-order valence-corrected chi connectivity index (χ1v) is 6.58. The van der Waals surface area contributed by atoms with E-state index in [9.17, 15) is 9.90 Å². The van der Waals surface area contributed by atoms with Gasteiger partial charge in [-0.25, -0.2) is 0 Å². The number of carbonyl (C=O) groups excluding carboxylic acids is 1. The van der Waals surface area contributed by atoms with Crippen LogP contribution >= 0.6 is 0 Å². The van der Waals surface area contributed by atoms with E-state index in [0.29, 0.717) is 18.0 Å². The Balaban J connectivity index is 2.19. The molecule has 1 aliphatic heterocycles. The average Bonchev–Trinajstić information content (AvgIpc) is 2.46. The SMILES string of the molecule is Nc1ccccc1N(CCO)C(=O)C1CCCOC1. The summed E-state index contributed by atoms with van der Waals surface area (Å²) in [5, 5.41) is 9.17. The predicted octanol–water partition coefficient (Wildman–Crippen LogP) is 1.02. The van der Waals surface area contributed by atoms with E-state index in [1.165, 1.54) is 0 Å². The molecule has 2 rings (SSSR count). The van der Waals surface area contributed by atoms with Crippen LogP contribution in [0.5, 0.6) is 0 Å². The lowest BCUT2D eigenvalue weighted by molar-refractivity contribution is -0.126. The summed E-state index contributed by atoms with van der Waals surface area (Å²) in [7, 11) is 0. The number of benzene rings is 1. The molecule has 0 saturated carbocycles. The highest BCUT2D eigenvalue weighted by Gasteiger charge is 2.27.